The van der Waals surface area contributed by atoms with E-state index in [0.717, 1.165) is 11.1 Å². The van der Waals surface area contributed by atoms with E-state index in [4.69, 9.17) is 0 Å². The summed E-state index contributed by atoms with van der Waals surface area (Å²) < 4.78 is 26.9. The topological polar surface area (TPSA) is 37.4 Å². The largest absolute Gasteiger partial charge is 0.243 e. The minimum Gasteiger partial charge on any atom is -0.207 e. The summed E-state index contributed by atoms with van der Waals surface area (Å²) in [6.07, 6.45) is 7.59. The summed E-state index contributed by atoms with van der Waals surface area (Å²) in [5.41, 5.74) is 2.18. The van der Waals surface area contributed by atoms with Crippen LogP contribution in [0.3, 0.4) is 0 Å². The van der Waals surface area contributed by atoms with Crippen molar-refractivity contribution in [2.45, 2.75) is 18.7 Å². The van der Waals surface area contributed by atoms with Crippen molar-refractivity contribution in [1.82, 2.24) is 4.31 Å². The van der Waals surface area contributed by atoms with Crippen LogP contribution in [0, 0.1) is 12.8 Å². The average molecular weight is 303 g/mol. The van der Waals surface area contributed by atoms with Gasteiger partial charge < -0.3 is 0 Å². The summed E-state index contributed by atoms with van der Waals surface area (Å²) >= 11 is 0. The van der Waals surface area contributed by atoms with E-state index in [2.05, 4.69) is 6.58 Å². The number of aryl methyl sites for hydroxylation is 1. The van der Waals surface area contributed by atoms with Gasteiger partial charge in [-0.05, 0) is 26.0 Å². The van der Waals surface area contributed by atoms with E-state index >= 15 is 0 Å². The Morgan fingerprint density at radius 3 is 2.52 bits per heavy atom. The van der Waals surface area contributed by atoms with Crippen LogP contribution in [0.5, 0.6) is 0 Å². The molecule has 1 aromatic rings. The van der Waals surface area contributed by atoms with Crippen molar-refractivity contribution in [1.29, 1.82) is 0 Å². The second kappa shape index (κ2) is 6.41. The Bertz CT molecular complexity index is 669. The second-order valence-electron chi connectivity index (χ2n) is 5.20. The fraction of sp³-hybridized carbons (Fsp3) is 0.294. The van der Waals surface area contributed by atoms with Gasteiger partial charge in [-0.3, -0.25) is 0 Å². The van der Waals surface area contributed by atoms with Gasteiger partial charge in [0.1, 0.15) is 0 Å². The van der Waals surface area contributed by atoms with Gasteiger partial charge in [-0.25, -0.2) is 8.42 Å². The molecule has 2 rings (SSSR count). The fourth-order valence-electron chi connectivity index (χ4n) is 2.47. The summed E-state index contributed by atoms with van der Waals surface area (Å²) in [5, 5.41) is 0. The molecule has 4 heteroatoms. The third kappa shape index (κ3) is 3.34. The minimum absolute atomic E-state index is 0.133. The number of hydrogen-bond acceptors (Lipinski definition) is 2. The molecule has 1 unspecified atom stereocenters. The molecule has 112 valence electrons. The molecular weight excluding hydrogens is 282 g/mol. The lowest BCUT2D eigenvalue weighted by molar-refractivity contribution is 0.471. The SMILES string of the molecule is C=C/C=C/C1CN(S(=O)(=O)c2ccc(C)cc2)C/C1=C\C. The Morgan fingerprint density at radius 2 is 1.95 bits per heavy atom. The molecule has 1 aliphatic rings. The maximum atomic E-state index is 12.7. The first-order chi connectivity index (χ1) is 9.98. The highest BCUT2D eigenvalue weighted by Crippen LogP contribution is 2.29. The summed E-state index contributed by atoms with van der Waals surface area (Å²) in [4.78, 5) is 0.358. The predicted molar refractivity (Wildman–Crippen MR) is 86.5 cm³/mol. The smallest absolute Gasteiger partial charge is 0.207 e. The molecule has 0 aliphatic carbocycles. The van der Waals surface area contributed by atoms with Crippen LogP contribution < -0.4 is 0 Å². The Labute approximate surface area is 127 Å². The quantitative estimate of drug-likeness (QED) is 0.632. The van der Waals surface area contributed by atoms with Gasteiger partial charge in [0.05, 0.1) is 4.90 Å². The highest BCUT2D eigenvalue weighted by Gasteiger charge is 2.34. The lowest BCUT2D eigenvalue weighted by Gasteiger charge is -2.15. The van der Waals surface area contributed by atoms with Gasteiger partial charge >= 0.3 is 0 Å². The summed E-state index contributed by atoms with van der Waals surface area (Å²) in [5.74, 6) is 0.133. The van der Waals surface area contributed by atoms with Crippen LogP contribution in [0.4, 0.5) is 0 Å². The zero-order chi connectivity index (χ0) is 15.5. The van der Waals surface area contributed by atoms with Gasteiger partial charge in [-0.2, -0.15) is 4.31 Å². The number of allylic oxidation sites excluding steroid dienone is 3. The Kier molecular flexibility index (Phi) is 4.80. The van der Waals surface area contributed by atoms with Crippen LogP contribution in [0.15, 0.2) is 65.6 Å². The first-order valence-electron chi connectivity index (χ1n) is 7.00. The predicted octanol–water partition coefficient (Wildman–Crippen LogP) is 3.30. The fourth-order valence-corrected chi connectivity index (χ4v) is 3.92. The summed E-state index contributed by atoms with van der Waals surface area (Å²) in [7, 11) is -3.42. The van der Waals surface area contributed by atoms with Crippen molar-refractivity contribution in [3.05, 3.63) is 66.3 Å². The van der Waals surface area contributed by atoms with Crippen molar-refractivity contribution in [3.8, 4) is 0 Å². The molecule has 1 fully saturated rings. The van der Waals surface area contributed by atoms with Crippen molar-refractivity contribution in [3.63, 3.8) is 0 Å². The number of rotatable bonds is 4. The van der Waals surface area contributed by atoms with Gasteiger partial charge in [0.2, 0.25) is 10.0 Å². The van der Waals surface area contributed by atoms with Crippen LogP contribution in [-0.2, 0) is 10.0 Å². The van der Waals surface area contributed by atoms with Gasteiger partial charge in [-0.1, -0.05) is 54.2 Å². The van der Waals surface area contributed by atoms with Crippen molar-refractivity contribution in [2.24, 2.45) is 5.92 Å². The van der Waals surface area contributed by atoms with Gasteiger partial charge in [0.15, 0.2) is 0 Å². The third-order valence-electron chi connectivity index (χ3n) is 3.74. The first-order valence-corrected chi connectivity index (χ1v) is 8.44. The number of hydrogen-bond donors (Lipinski definition) is 0. The van der Waals surface area contributed by atoms with Crippen LogP contribution in [0.2, 0.25) is 0 Å². The summed E-state index contributed by atoms with van der Waals surface area (Å²) in [6.45, 7) is 8.50. The highest BCUT2D eigenvalue weighted by atomic mass is 32.2. The Balaban J connectivity index is 2.28. The van der Waals surface area contributed by atoms with E-state index in [-0.39, 0.29) is 5.92 Å². The van der Waals surface area contributed by atoms with E-state index in [9.17, 15) is 8.42 Å². The van der Waals surface area contributed by atoms with Gasteiger partial charge in [-0.15, -0.1) is 0 Å². The van der Waals surface area contributed by atoms with E-state index in [1.807, 2.05) is 44.2 Å². The standard InChI is InChI=1S/C17H21NO2S/c1-4-6-7-16-13-18(12-15(16)5-2)21(19,20)17-10-8-14(3)9-11-17/h4-11,16H,1,12-13H2,2-3H3/b7-6+,15-5+. The number of nitrogens with zero attached hydrogens (tertiary/aromatic N) is 1. The molecule has 1 atom stereocenters. The molecule has 1 saturated heterocycles. The van der Waals surface area contributed by atoms with Crippen LogP contribution in [-0.4, -0.2) is 25.8 Å². The second-order valence-corrected chi connectivity index (χ2v) is 7.14. The molecule has 0 amide bonds. The van der Waals surface area contributed by atoms with Crippen molar-refractivity contribution in [2.75, 3.05) is 13.1 Å². The lowest BCUT2D eigenvalue weighted by atomic mass is 10.0. The van der Waals surface area contributed by atoms with E-state index in [1.165, 1.54) is 0 Å². The molecular formula is C17H21NO2S. The Morgan fingerprint density at radius 1 is 1.29 bits per heavy atom. The Hall–Kier alpha value is -1.65. The monoisotopic (exact) mass is 303 g/mol. The molecule has 0 radical (unpaired) electrons. The zero-order valence-electron chi connectivity index (χ0n) is 12.5. The molecule has 1 heterocycles. The molecule has 0 N–H and O–H groups in total. The molecule has 1 aliphatic heterocycles. The average Bonchev–Trinajstić information content (AvgIpc) is 2.89. The minimum atomic E-state index is -3.42. The van der Waals surface area contributed by atoms with E-state index in [1.54, 1.807) is 22.5 Å². The molecule has 1 aromatic carbocycles. The summed E-state index contributed by atoms with van der Waals surface area (Å²) in [6, 6.07) is 7.00. The van der Waals surface area contributed by atoms with Crippen molar-refractivity contribution >= 4 is 10.0 Å². The van der Waals surface area contributed by atoms with Gasteiger partial charge in [0, 0.05) is 19.0 Å². The maximum absolute atomic E-state index is 12.7. The lowest BCUT2D eigenvalue weighted by Crippen LogP contribution is -2.28. The normalized spacial score (nSPS) is 22.2. The van der Waals surface area contributed by atoms with Crippen molar-refractivity contribution < 1.29 is 8.42 Å². The molecule has 3 nitrogen and oxygen atoms in total. The molecule has 21 heavy (non-hydrogen) atoms. The molecule has 0 aromatic heterocycles. The first kappa shape index (κ1) is 15.7. The molecule has 0 bridgehead atoms. The maximum Gasteiger partial charge on any atom is 0.243 e. The number of sulfonamides is 1. The van der Waals surface area contributed by atoms with E-state index < -0.39 is 10.0 Å². The molecule has 0 spiro atoms. The zero-order valence-corrected chi connectivity index (χ0v) is 13.3. The molecule has 0 saturated carbocycles. The van der Waals surface area contributed by atoms with E-state index in [0.29, 0.717) is 18.0 Å². The third-order valence-corrected chi connectivity index (χ3v) is 5.57. The van der Waals surface area contributed by atoms with Gasteiger partial charge in [0.25, 0.3) is 0 Å². The van der Waals surface area contributed by atoms with Crippen LogP contribution in [0.25, 0.3) is 0 Å². The van der Waals surface area contributed by atoms with Crippen LogP contribution in [0.1, 0.15) is 12.5 Å². The highest BCUT2D eigenvalue weighted by molar-refractivity contribution is 7.89. The van der Waals surface area contributed by atoms with Crippen LogP contribution >= 0.6 is 0 Å². The number of benzene rings is 1.